The molecule has 0 atom stereocenters. The molecule has 1 aromatic heterocycles. The Labute approximate surface area is 144 Å². The first-order valence-corrected chi connectivity index (χ1v) is 7.81. The average Bonchev–Trinajstić information content (AvgIpc) is 2.64. The van der Waals surface area contributed by atoms with E-state index in [1.54, 1.807) is 12.1 Å². The third-order valence-corrected chi connectivity index (χ3v) is 3.69. The van der Waals surface area contributed by atoms with E-state index in [9.17, 15) is 9.18 Å². The van der Waals surface area contributed by atoms with Gasteiger partial charge in [0.25, 0.3) is 5.56 Å². The number of hydrogen-bond donors (Lipinski definition) is 0. The minimum atomic E-state index is -0.389. The van der Waals surface area contributed by atoms with E-state index in [0.717, 1.165) is 5.56 Å². The van der Waals surface area contributed by atoms with Gasteiger partial charge in [0, 0.05) is 17.7 Å². The lowest BCUT2D eigenvalue weighted by Crippen LogP contribution is -2.21. The highest BCUT2D eigenvalue weighted by Crippen LogP contribution is 2.28. The maximum atomic E-state index is 13.4. The fourth-order valence-corrected chi connectivity index (χ4v) is 2.45. The van der Waals surface area contributed by atoms with Gasteiger partial charge in [-0.1, -0.05) is 42.5 Å². The molecular formula is C20H17FN2O2. The predicted octanol–water partition coefficient (Wildman–Crippen LogP) is 3.77. The van der Waals surface area contributed by atoms with Crippen LogP contribution in [0.3, 0.4) is 0 Å². The number of rotatable bonds is 5. The first-order valence-electron chi connectivity index (χ1n) is 7.81. The second-order valence-electron chi connectivity index (χ2n) is 5.40. The SMILES string of the molecule is COc1cc(F)ccc1-c1ccc(=O)n(C/C=C/c2ccccc2)n1. The molecule has 0 radical (unpaired) electrons. The number of allylic oxidation sites excluding steroid dienone is 1. The number of nitrogens with zero attached hydrogens (tertiary/aromatic N) is 2. The van der Waals surface area contributed by atoms with E-state index < -0.39 is 0 Å². The third kappa shape index (κ3) is 4.01. The normalized spacial score (nSPS) is 11.0. The summed E-state index contributed by atoms with van der Waals surface area (Å²) in [6.07, 6.45) is 3.80. The van der Waals surface area contributed by atoms with Gasteiger partial charge in [-0.25, -0.2) is 9.07 Å². The molecule has 0 unspecified atom stereocenters. The van der Waals surface area contributed by atoms with E-state index >= 15 is 0 Å². The summed E-state index contributed by atoms with van der Waals surface area (Å²) in [5, 5.41) is 4.36. The van der Waals surface area contributed by atoms with Crippen LogP contribution in [0.4, 0.5) is 4.39 Å². The Bertz CT molecular complexity index is 949. The predicted molar refractivity (Wildman–Crippen MR) is 95.9 cm³/mol. The molecular weight excluding hydrogens is 319 g/mol. The fourth-order valence-electron chi connectivity index (χ4n) is 2.45. The standard InChI is InChI=1S/C20H17FN2O2/c1-25-19-14-16(21)9-10-17(19)18-11-12-20(24)23(22-18)13-5-8-15-6-3-2-4-7-15/h2-12,14H,13H2,1H3/b8-5+. The number of ether oxygens (including phenoxy) is 1. The lowest BCUT2D eigenvalue weighted by atomic mass is 10.1. The van der Waals surface area contributed by atoms with E-state index in [1.807, 2.05) is 42.5 Å². The number of halogens is 1. The molecule has 126 valence electrons. The Morgan fingerprint density at radius 2 is 1.92 bits per heavy atom. The van der Waals surface area contributed by atoms with Crippen LogP contribution in [0.25, 0.3) is 17.3 Å². The van der Waals surface area contributed by atoms with Crippen molar-refractivity contribution in [2.45, 2.75) is 6.54 Å². The van der Waals surface area contributed by atoms with Crippen molar-refractivity contribution in [3.63, 3.8) is 0 Å². The van der Waals surface area contributed by atoms with Crippen molar-refractivity contribution in [1.82, 2.24) is 9.78 Å². The monoisotopic (exact) mass is 336 g/mol. The second-order valence-corrected chi connectivity index (χ2v) is 5.40. The van der Waals surface area contributed by atoms with Crippen LogP contribution in [0.1, 0.15) is 5.56 Å². The third-order valence-electron chi connectivity index (χ3n) is 3.69. The van der Waals surface area contributed by atoms with Crippen LogP contribution in [0.15, 0.2) is 71.5 Å². The van der Waals surface area contributed by atoms with Gasteiger partial charge in [0.2, 0.25) is 0 Å². The molecule has 0 aliphatic heterocycles. The van der Waals surface area contributed by atoms with Crippen molar-refractivity contribution in [3.05, 3.63) is 88.5 Å². The van der Waals surface area contributed by atoms with E-state index in [-0.39, 0.29) is 11.4 Å². The van der Waals surface area contributed by atoms with Gasteiger partial charge in [0.05, 0.1) is 19.3 Å². The van der Waals surface area contributed by atoms with Gasteiger partial charge in [-0.15, -0.1) is 0 Å². The summed E-state index contributed by atoms with van der Waals surface area (Å²) in [6.45, 7) is 0.338. The molecule has 25 heavy (non-hydrogen) atoms. The summed E-state index contributed by atoms with van der Waals surface area (Å²) in [4.78, 5) is 12.0. The number of methoxy groups -OCH3 is 1. The highest BCUT2D eigenvalue weighted by Gasteiger charge is 2.10. The Morgan fingerprint density at radius 1 is 1.12 bits per heavy atom. The molecule has 0 bridgehead atoms. The van der Waals surface area contributed by atoms with E-state index in [1.165, 1.54) is 30.0 Å². The van der Waals surface area contributed by atoms with Gasteiger partial charge >= 0.3 is 0 Å². The zero-order chi connectivity index (χ0) is 17.6. The molecule has 0 aliphatic carbocycles. The quantitative estimate of drug-likeness (QED) is 0.712. The van der Waals surface area contributed by atoms with Crippen molar-refractivity contribution < 1.29 is 9.13 Å². The minimum absolute atomic E-state index is 0.206. The van der Waals surface area contributed by atoms with E-state index in [0.29, 0.717) is 23.6 Å². The molecule has 1 heterocycles. The molecule has 2 aromatic carbocycles. The van der Waals surface area contributed by atoms with E-state index in [4.69, 9.17) is 4.74 Å². The van der Waals surface area contributed by atoms with Crippen molar-refractivity contribution in [1.29, 1.82) is 0 Å². The Hall–Kier alpha value is -3.21. The summed E-state index contributed by atoms with van der Waals surface area (Å²) in [5.74, 6) is -0.0164. The summed E-state index contributed by atoms with van der Waals surface area (Å²) >= 11 is 0. The molecule has 3 aromatic rings. The molecule has 0 fully saturated rings. The van der Waals surface area contributed by atoms with Gasteiger partial charge in [-0.2, -0.15) is 5.10 Å². The molecule has 0 N–H and O–H groups in total. The van der Waals surface area contributed by atoms with Gasteiger partial charge < -0.3 is 4.74 Å². The topological polar surface area (TPSA) is 44.1 Å². The van der Waals surface area contributed by atoms with E-state index in [2.05, 4.69) is 5.10 Å². The Morgan fingerprint density at radius 3 is 2.68 bits per heavy atom. The maximum Gasteiger partial charge on any atom is 0.267 e. The van der Waals surface area contributed by atoms with Gasteiger partial charge in [0.15, 0.2) is 0 Å². The fraction of sp³-hybridized carbons (Fsp3) is 0.100. The molecule has 0 spiro atoms. The average molecular weight is 336 g/mol. The smallest absolute Gasteiger partial charge is 0.267 e. The van der Waals surface area contributed by atoms with Crippen LogP contribution < -0.4 is 10.3 Å². The number of benzene rings is 2. The molecule has 4 nitrogen and oxygen atoms in total. The first kappa shape index (κ1) is 16.6. The van der Waals surface area contributed by atoms with Crippen LogP contribution in [0.2, 0.25) is 0 Å². The molecule has 5 heteroatoms. The summed E-state index contributed by atoms with van der Waals surface area (Å²) in [5.41, 5.74) is 2.02. The van der Waals surface area contributed by atoms with Crippen LogP contribution in [0.5, 0.6) is 5.75 Å². The Kier molecular flexibility index (Phi) is 5.04. The molecule has 0 saturated carbocycles. The Balaban J connectivity index is 1.88. The highest BCUT2D eigenvalue weighted by atomic mass is 19.1. The van der Waals surface area contributed by atoms with Crippen LogP contribution in [-0.2, 0) is 6.54 Å². The van der Waals surface area contributed by atoms with Crippen LogP contribution in [0, 0.1) is 5.82 Å². The summed E-state index contributed by atoms with van der Waals surface area (Å²) < 4.78 is 19.9. The van der Waals surface area contributed by atoms with Gasteiger partial charge in [-0.3, -0.25) is 4.79 Å². The van der Waals surface area contributed by atoms with Gasteiger partial charge in [-0.05, 0) is 23.8 Å². The van der Waals surface area contributed by atoms with Crippen LogP contribution >= 0.6 is 0 Å². The van der Waals surface area contributed by atoms with Gasteiger partial charge in [0.1, 0.15) is 11.6 Å². The van der Waals surface area contributed by atoms with Crippen molar-refractivity contribution in [2.24, 2.45) is 0 Å². The van der Waals surface area contributed by atoms with Crippen LogP contribution in [-0.4, -0.2) is 16.9 Å². The maximum absolute atomic E-state index is 13.4. The first-order chi connectivity index (χ1) is 12.2. The molecule has 0 aliphatic rings. The lowest BCUT2D eigenvalue weighted by molar-refractivity contribution is 0.412. The van der Waals surface area contributed by atoms with Crippen molar-refractivity contribution >= 4 is 6.08 Å². The lowest BCUT2D eigenvalue weighted by Gasteiger charge is -2.09. The minimum Gasteiger partial charge on any atom is -0.496 e. The number of hydrogen-bond acceptors (Lipinski definition) is 3. The zero-order valence-corrected chi connectivity index (χ0v) is 13.7. The molecule has 0 saturated heterocycles. The second kappa shape index (κ2) is 7.57. The van der Waals surface area contributed by atoms with Crippen molar-refractivity contribution in [2.75, 3.05) is 7.11 Å². The largest absolute Gasteiger partial charge is 0.496 e. The molecule has 0 amide bonds. The van der Waals surface area contributed by atoms with Crippen molar-refractivity contribution in [3.8, 4) is 17.0 Å². The highest BCUT2D eigenvalue weighted by molar-refractivity contribution is 5.66. The number of aromatic nitrogens is 2. The summed E-state index contributed by atoms with van der Waals surface area (Å²) in [6, 6.07) is 17.1. The summed E-state index contributed by atoms with van der Waals surface area (Å²) in [7, 11) is 1.47. The zero-order valence-electron chi connectivity index (χ0n) is 13.7. The molecule has 3 rings (SSSR count).